The third-order valence-corrected chi connectivity index (χ3v) is 2.55. The standard InChI is InChI=1S/C12H6F6N2O/c13-11(14,15)6-1-2-7(19-5-6)8-3-4-9(20-8)10(21)12(16,17)18/h1-5,20H. The predicted octanol–water partition coefficient (Wildman–Crippen LogP) is 3.84. The summed E-state index contributed by atoms with van der Waals surface area (Å²) in [4.78, 5) is 16.7. The summed E-state index contributed by atoms with van der Waals surface area (Å²) in [6.45, 7) is 0. The number of aromatic nitrogens is 2. The molecule has 3 nitrogen and oxygen atoms in total. The van der Waals surface area contributed by atoms with Crippen molar-refractivity contribution in [3.8, 4) is 11.4 Å². The van der Waals surface area contributed by atoms with Crippen molar-refractivity contribution in [2.45, 2.75) is 12.4 Å². The highest BCUT2D eigenvalue weighted by molar-refractivity contribution is 5.99. The summed E-state index contributed by atoms with van der Waals surface area (Å²) in [5, 5.41) is 0. The molecule has 0 amide bonds. The minimum atomic E-state index is -5.03. The van der Waals surface area contributed by atoms with E-state index < -0.39 is 29.4 Å². The van der Waals surface area contributed by atoms with Gasteiger partial charge in [0.05, 0.1) is 22.6 Å². The molecule has 0 spiro atoms. The van der Waals surface area contributed by atoms with Crippen LogP contribution in [0.25, 0.3) is 11.4 Å². The maximum atomic E-state index is 12.3. The van der Waals surface area contributed by atoms with Crippen molar-refractivity contribution in [1.82, 2.24) is 9.97 Å². The van der Waals surface area contributed by atoms with Crippen LogP contribution < -0.4 is 0 Å². The lowest BCUT2D eigenvalue weighted by molar-refractivity contribution is -0.137. The minimum absolute atomic E-state index is 0.00998. The second-order valence-corrected chi connectivity index (χ2v) is 4.04. The number of nitrogens with one attached hydrogen (secondary N) is 1. The van der Waals surface area contributed by atoms with Gasteiger partial charge >= 0.3 is 12.4 Å². The molecule has 0 unspecified atom stereocenters. The molecule has 2 rings (SSSR count). The molecular formula is C12H6F6N2O. The first-order valence-electron chi connectivity index (χ1n) is 5.43. The maximum Gasteiger partial charge on any atom is 0.456 e. The van der Waals surface area contributed by atoms with Crippen LogP contribution in [0.5, 0.6) is 0 Å². The number of alkyl halides is 6. The third kappa shape index (κ3) is 3.23. The van der Waals surface area contributed by atoms with Crippen molar-refractivity contribution >= 4 is 5.78 Å². The van der Waals surface area contributed by atoms with Gasteiger partial charge in [-0.1, -0.05) is 0 Å². The zero-order valence-electron chi connectivity index (χ0n) is 10.0. The van der Waals surface area contributed by atoms with Crippen molar-refractivity contribution in [3.05, 3.63) is 41.7 Å². The van der Waals surface area contributed by atoms with Crippen LogP contribution in [-0.2, 0) is 6.18 Å². The molecule has 0 bridgehead atoms. The van der Waals surface area contributed by atoms with Crippen LogP contribution in [0.3, 0.4) is 0 Å². The molecular weight excluding hydrogens is 302 g/mol. The summed E-state index contributed by atoms with van der Waals surface area (Å²) in [5.41, 5.74) is -1.69. The first-order valence-corrected chi connectivity index (χ1v) is 5.43. The number of aromatic amines is 1. The van der Waals surface area contributed by atoms with Gasteiger partial charge in [0.2, 0.25) is 0 Å². The quantitative estimate of drug-likeness (QED) is 0.677. The van der Waals surface area contributed by atoms with Crippen molar-refractivity contribution in [2.75, 3.05) is 0 Å². The Morgan fingerprint density at radius 2 is 1.67 bits per heavy atom. The molecule has 0 aromatic carbocycles. The van der Waals surface area contributed by atoms with Crippen LogP contribution in [0.15, 0.2) is 30.5 Å². The molecule has 21 heavy (non-hydrogen) atoms. The first-order chi connectivity index (χ1) is 9.59. The summed E-state index contributed by atoms with van der Waals surface area (Å²) in [6, 6.07) is 3.77. The van der Waals surface area contributed by atoms with E-state index >= 15 is 0 Å². The van der Waals surface area contributed by atoms with E-state index in [1.807, 2.05) is 0 Å². The highest BCUT2D eigenvalue weighted by Crippen LogP contribution is 2.30. The van der Waals surface area contributed by atoms with Crippen molar-refractivity contribution in [1.29, 1.82) is 0 Å². The molecule has 0 aliphatic heterocycles. The molecule has 2 aromatic rings. The number of carbonyl (C=O) groups excluding carboxylic acids is 1. The van der Waals surface area contributed by atoms with Crippen LogP contribution in [0.4, 0.5) is 26.3 Å². The van der Waals surface area contributed by atoms with E-state index in [2.05, 4.69) is 9.97 Å². The SMILES string of the molecule is O=C(c1ccc(-c2ccc(C(F)(F)F)cn2)[nH]1)C(F)(F)F. The highest BCUT2D eigenvalue weighted by atomic mass is 19.4. The van der Waals surface area contributed by atoms with Gasteiger partial charge in [0.1, 0.15) is 0 Å². The molecule has 0 saturated heterocycles. The lowest BCUT2D eigenvalue weighted by atomic mass is 10.2. The van der Waals surface area contributed by atoms with Gasteiger partial charge in [-0.2, -0.15) is 26.3 Å². The van der Waals surface area contributed by atoms with Crippen molar-refractivity contribution in [2.24, 2.45) is 0 Å². The summed E-state index contributed by atoms with van der Waals surface area (Å²) in [5.74, 6) is -2.07. The lowest BCUT2D eigenvalue weighted by Gasteiger charge is -2.06. The second-order valence-electron chi connectivity index (χ2n) is 4.04. The molecule has 112 valence electrons. The molecule has 0 radical (unpaired) electrons. The zero-order chi connectivity index (χ0) is 15.8. The Morgan fingerprint density at radius 3 is 2.14 bits per heavy atom. The Balaban J connectivity index is 2.28. The van der Waals surface area contributed by atoms with E-state index in [1.165, 1.54) is 0 Å². The van der Waals surface area contributed by atoms with Crippen LogP contribution in [0.2, 0.25) is 0 Å². The fraction of sp³-hybridized carbons (Fsp3) is 0.167. The number of halogens is 6. The van der Waals surface area contributed by atoms with Crippen LogP contribution in [0, 0.1) is 0 Å². The third-order valence-electron chi connectivity index (χ3n) is 2.55. The Kier molecular flexibility index (Phi) is 3.52. The fourth-order valence-electron chi connectivity index (χ4n) is 1.55. The minimum Gasteiger partial charge on any atom is -0.351 e. The highest BCUT2D eigenvalue weighted by Gasteiger charge is 2.40. The van der Waals surface area contributed by atoms with Gasteiger partial charge in [-0.3, -0.25) is 9.78 Å². The molecule has 1 N–H and O–H groups in total. The Morgan fingerprint density at radius 1 is 1.00 bits per heavy atom. The molecule has 0 aliphatic carbocycles. The smallest absolute Gasteiger partial charge is 0.351 e. The molecule has 0 fully saturated rings. The molecule has 9 heteroatoms. The van der Waals surface area contributed by atoms with E-state index in [-0.39, 0.29) is 11.4 Å². The lowest BCUT2D eigenvalue weighted by Crippen LogP contribution is -2.22. The topological polar surface area (TPSA) is 45.8 Å². The number of pyridine rings is 1. The largest absolute Gasteiger partial charge is 0.456 e. The van der Waals surface area contributed by atoms with Gasteiger partial charge in [0.15, 0.2) is 0 Å². The van der Waals surface area contributed by atoms with Gasteiger partial charge < -0.3 is 4.98 Å². The Hall–Kier alpha value is -2.32. The van der Waals surface area contributed by atoms with Gasteiger partial charge in [-0.05, 0) is 24.3 Å². The van der Waals surface area contributed by atoms with E-state index in [0.717, 1.165) is 24.3 Å². The van der Waals surface area contributed by atoms with E-state index in [1.54, 1.807) is 0 Å². The zero-order valence-corrected chi connectivity index (χ0v) is 10.0. The van der Waals surface area contributed by atoms with Crippen LogP contribution in [-0.4, -0.2) is 21.9 Å². The molecule has 0 saturated carbocycles. The number of nitrogens with zero attached hydrogens (tertiary/aromatic N) is 1. The average Bonchev–Trinajstić information content (AvgIpc) is 2.85. The number of H-pyrrole nitrogens is 1. The molecule has 2 heterocycles. The van der Waals surface area contributed by atoms with Crippen molar-refractivity contribution < 1.29 is 31.1 Å². The average molecular weight is 308 g/mol. The Bertz CT molecular complexity index is 654. The maximum absolute atomic E-state index is 12.3. The summed E-state index contributed by atoms with van der Waals surface area (Å²) in [6.07, 6.45) is -9.03. The monoisotopic (exact) mass is 308 g/mol. The van der Waals surface area contributed by atoms with E-state index in [0.29, 0.717) is 6.20 Å². The molecule has 0 atom stereocenters. The summed E-state index contributed by atoms with van der Waals surface area (Å²) >= 11 is 0. The van der Waals surface area contributed by atoms with Gasteiger partial charge in [-0.15, -0.1) is 0 Å². The normalized spacial score (nSPS) is 12.5. The number of hydrogen-bond donors (Lipinski definition) is 1. The fourth-order valence-corrected chi connectivity index (χ4v) is 1.55. The number of carbonyl (C=O) groups is 1. The number of Topliss-reactive ketones (excluding diaryl/α,β-unsaturated/α-hetero) is 1. The van der Waals surface area contributed by atoms with Crippen molar-refractivity contribution in [3.63, 3.8) is 0 Å². The van der Waals surface area contributed by atoms with Crippen LogP contribution in [0.1, 0.15) is 16.1 Å². The number of ketones is 1. The van der Waals surface area contributed by atoms with E-state index in [9.17, 15) is 31.1 Å². The molecule has 2 aromatic heterocycles. The molecule has 0 aliphatic rings. The predicted molar refractivity (Wildman–Crippen MR) is 59.4 cm³/mol. The number of rotatable bonds is 2. The summed E-state index contributed by atoms with van der Waals surface area (Å²) in [7, 11) is 0. The summed E-state index contributed by atoms with van der Waals surface area (Å²) < 4.78 is 73.7. The van der Waals surface area contributed by atoms with E-state index in [4.69, 9.17) is 0 Å². The van der Waals surface area contributed by atoms with Gasteiger partial charge in [0, 0.05) is 6.20 Å². The first kappa shape index (κ1) is 15.1. The second kappa shape index (κ2) is 4.90. The Labute approximate surface area is 113 Å². The van der Waals surface area contributed by atoms with Gasteiger partial charge in [-0.25, -0.2) is 0 Å². The van der Waals surface area contributed by atoms with Gasteiger partial charge in [0.25, 0.3) is 5.78 Å². The van der Waals surface area contributed by atoms with Crippen LogP contribution >= 0.6 is 0 Å². The number of hydrogen-bond acceptors (Lipinski definition) is 2.